The van der Waals surface area contributed by atoms with Crippen LogP contribution < -0.4 is 5.32 Å². The van der Waals surface area contributed by atoms with Gasteiger partial charge in [-0.2, -0.15) is 13.2 Å². The molecule has 0 saturated heterocycles. The summed E-state index contributed by atoms with van der Waals surface area (Å²) in [5, 5.41) is 3.25. The van der Waals surface area contributed by atoms with Gasteiger partial charge in [-0.15, -0.1) is 0 Å². The van der Waals surface area contributed by atoms with Gasteiger partial charge in [0.25, 0.3) is 0 Å². The first-order valence-electron chi connectivity index (χ1n) is 6.39. The minimum Gasteiger partial charge on any atom is -0.456 e. The molecule has 0 fully saturated rings. The van der Waals surface area contributed by atoms with Crippen molar-refractivity contribution in [3.05, 3.63) is 35.8 Å². The van der Waals surface area contributed by atoms with E-state index in [0.717, 1.165) is 0 Å². The molecule has 2 aromatic rings. The first-order valence-corrected chi connectivity index (χ1v) is 6.39. The van der Waals surface area contributed by atoms with Gasteiger partial charge in [0.05, 0.1) is 12.5 Å². The van der Waals surface area contributed by atoms with E-state index in [9.17, 15) is 17.6 Å². The predicted molar refractivity (Wildman–Crippen MR) is 67.9 cm³/mol. The van der Waals surface area contributed by atoms with E-state index in [4.69, 9.17) is 4.42 Å². The van der Waals surface area contributed by atoms with Crippen molar-refractivity contribution in [2.75, 3.05) is 6.54 Å². The lowest BCUT2D eigenvalue weighted by Gasteiger charge is -2.17. The molecule has 0 saturated carbocycles. The van der Waals surface area contributed by atoms with Crippen LogP contribution in [0.25, 0.3) is 11.0 Å². The van der Waals surface area contributed by atoms with Crippen LogP contribution in [0, 0.1) is 5.82 Å². The van der Waals surface area contributed by atoms with Gasteiger partial charge < -0.3 is 9.73 Å². The molecule has 0 aliphatic rings. The van der Waals surface area contributed by atoms with Gasteiger partial charge >= 0.3 is 6.18 Å². The van der Waals surface area contributed by atoms with Gasteiger partial charge in [0.2, 0.25) is 0 Å². The maximum atomic E-state index is 13.5. The SMILES string of the molecule is CCCNC(CC(F)(F)F)c1cc2cccc(F)c2o1. The van der Waals surface area contributed by atoms with Gasteiger partial charge in [-0.25, -0.2) is 4.39 Å². The average molecular weight is 289 g/mol. The first kappa shape index (κ1) is 14.8. The fourth-order valence-corrected chi connectivity index (χ4v) is 2.04. The van der Waals surface area contributed by atoms with Crippen LogP contribution in [-0.4, -0.2) is 12.7 Å². The minimum atomic E-state index is -4.32. The Morgan fingerprint density at radius 3 is 2.65 bits per heavy atom. The van der Waals surface area contributed by atoms with E-state index in [1.807, 2.05) is 6.92 Å². The second-order valence-corrected chi connectivity index (χ2v) is 4.63. The third kappa shape index (κ3) is 3.50. The lowest BCUT2D eigenvalue weighted by Crippen LogP contribution is -2.27. The third-order valence-corrected chi connectivity index (χ3v) is 2.93. The van der Waals surface area contributed by atoms with E-state index in [1.165, 1.54) is 18.2 Å². The number of rotatable bonds is 5. The van der Waals surface area contributed by atoms with Crippen molar-refractivity contribution < 1.29 is 22.0 Å². The van der Waals surface area contributed by atoms with E-state index in [1.54, 1.807) is 6.07 Å². The summed E-state index contributed by atoms with van der Waals surface area (Å²) < 4.78 is 56.6. The predicted octanol–water partition coefficient (Wildman–Crippen LogP) is 4.57. The van der Waals surface area contributed by atoms with Crippen LogP contribution in [0.4, 0.5) is 17.6 Å². The normalized spacial score (nSPS) is 13.8. The molecule has 1 atom stereocenters. The number of hydrogen-bond donors (Lipinski definition) is 1. The molecule has 0 aliphatic carbocycles. The quantitative estimate of drug-likeness (QED) is 0.816. The number of fused-ring (bicyclic) bond motifs is 1. The molecule has 0 spiro atoms. The Hall–Kier alpha value is -1.56. The molecule has 0 amide bonds. The number of halogens is 4. The number of para-hydroxylation sites is 1. The van der Waals surface area contributed by atoms with Crippen LogP contribution in [0.2, 0.25) is 0 Å². The first-order chi connectivity index (χ1) is 9.40. The molecule has 1 aromatic carbocycles. The zero-order valence-electron chi connectivity index (χ0n) is 10.9. The molecule has 1 N–H and O–H groups in total. The second kappa shape index (κ2) is 5.83. The minimum absolute atomic E-state index is 0.00651. The molecule has 6 heteroatoms. The third-order valence-electron chi connectivity index (χ3n) is 2.93. The highest BCUT2D eigenvalue weighted by atomic mass is 19.4. The number of alkyl halides is 3. The zero-order valence-corrected chi connectivity index (χ0v) is 10.9. The van der Waals surface area contributed by atoms with Crippen LogP contribution >= 0.6 is 0 Å². The molecule has 0 radical (unpaired) electrons. The number of hydrogen-bond acceptors (Lipinski definition) is 2. The Labute approximate surface area is 113 Å². The molecule has 0 bridgehead atoms. The van der Waals surface area contributed by atoms with Crippen LogP contribution in [0.5, 0.6) is 0 Å². The maximum absolute atomic E-state index is 13.5. The summed E-state index contributed by atoms with van der Waals surface area (Å²) in [5.74, 6) is -0.467. The Bertz CT molecular complexity index is 576. The molecular weight excluding hydrogens is 274 g/mol. The van der Waals surface area contributed by atoms with Crippen LogP contribution in [0.3, 0.4) is 0 Å². The summed E-state index contributed by atoms with van der Waals surface area (Å²) in [4.78, 5) is 0. The summed E-state index contributed by atoms with van der Waals surface area (Å²) in [5.41, 5.74) is -0.00651. The topological polar surface area (TPSA) is 25.2 Å². The van der Waals surface area contributed by atoms with Crippen molar-refractivity contribution in [2.24, 2.45) is 0 Å². The lowest BCUT2D eigenvalue weighted by molar-refractivity contribution is -0.141. The van der Waals surface area contributed by atoms with E-state index >= 15 is 0 Å². The zero-order chi connectivity index (χ0) is 14.8. The number of furan rings is 1. The Kier molecular flexibility index (Phi) is 4.32. The van der Waals surface area contributed by atoms with Gasteiger partial charge in [-0.05, 0) is 25.1 Å². The van der Waals surface area contributed by atoms with Gasteiger partial charge in [0, 0.05) is 5.39 Å². The van der Waals surface area contributed by atoms with E-state index in [-0.39, 0.29) is 11.3 Å². The monoisotopic (exact) mass is 289 g/mol. The Morgan fingerprint density at radius 2 is 2.05 bits per heavy atom. The smallest absolute Gasteiger partial charge is 0.391 e. The Morgan fingerprint density at radius 1 is 1.30 bits per heavy atom. The van der Waals surface area contributed by atoms with Gasteiger partial charge in [-0.1, -0.05) is 19.1 Å². The fraction of sp³-hybridized carbons (Fsp3) is 0.429. The van der Waals surface area contributed by atoms with E-state index < -0.39 is 24.5 Å². The second-order valence-electron chi connectivity index (χ2n) is 4.63. The largest absolute Gasteiger partial charge is 0.456 e. The van der Waals surface area contributed by atoms with Crippen LogP contribution in [-0.2, 0) is 0 Å². The van der Waals surface area contributed by atoms with Crippen molar-refractivity contribution in [3.63, 3.8) is 0 Å². The summed E-state index contributed by atoms with van der Waals surface area (Å²) in [7, 11) is 0. The van der Waals surface area contributed by atoms with Crippen LogP contribution in [0.1, 0.15) is 31.6 Å². The van der Waals surface area contributed by atoms with Crippen molar-refractivity contribution in [1.82, 2.24) is 5.32 Å². The molecule has 0 aliphatic heterocycles. The van der Waals surface area contributed by atoms with E-state index in [0.29, 0.717) is 18.4 Å². The van der Waals surface area contributed by atoms with Crippen molar-refractivity contribution in [1.29, 1.82) is 0 Å². The lowest BCUT2D eigenvalue weighted by atomic mass is 10.1. The highest BCUT2D eigenvalue weighted by Gasteiger charge is 2.34. The molecule has 2 nitrogen and oxygen atoms in total. The van der Waals surface area contributed by atoms with Gasteiger partial charge in [0.15, 0.2) is 11.4 Å². The molecule has 1 aromatic heterocycles. The highest BCUT2D eigenvalue weighted by molar-refractivity contribution is 5.78. The van der Waals surface area contributed by atoms with Crippen molar-refractivity contribution in [3.8, 4) is 0 Å². The average Bonchev–Trinajstić information content (AvgIpc) is 2.78. The van der Waals surface area contributed by atoms with Gasteiger partial charge in [0.1, 0.15) is 5.76 Å². The number of nitrogens with one attached hydrogen (secondary N) is 1. The van der Waals surface area contributed by atoms with Gasteiger partial charge in [-0.3, -0.25) is 0 Å². The summed E-state index contributed by atoms with van der Waals surface area (Å²) in [6.45, 7) is 2.29. The molecule has 1 unspecified atom stereocenters. The fourth-order valence-electron chi connectivity index (χ4n) is 2.04. The summed E-state index contributed by atoms with van der Waals surface area (Å²) >= 11 is 0. The molecular formula is C14H15F4NO. The molecule has 2 rings (SSSR count). The maximum Gasteiger partial charge on any atom is 0.391 e. The van der Waals surface area contributed by atoms with Crippen molar-refractivity contribution in [2.45, 2.75) is 32.0 Å². The standard InChI is InChI=1S/C14H15F4NO/c1-2-6-19-11(8-14(16,17)18)12-7-9-4-3-5-10(15)13(9)20-12/h3-5,7,11,19H,2,6,8H2,1H3. The van der Waals surface area contributed by atoms with E-state index in [2.05, 4.69) is 5.32 Å². The highest BCUT2D eigenvalue weighted by Crippen LogP contribution is 2.33. The summed E-state index contributed by atoms with van der Waals surface area (Å²) in [6.07, 6.45) is -4.67. The Balaban J connectivity index is 2.32. The molecule has 20 heavy (non-hydrogen) atoms. The molecule has 110 valence electrons. The number of benzene rings is 1. The van der Waals surface area contributed by atoms with Crippen molar-refractivity contribution >= 4 is 11.0 Å². The van der Waals surface area contributed by atoms with Crippen LogP contribution in [0.15, 0.2) is 28.7 Å². The summed E-state index contributed by atoms with van der Waals surface area (Å²) in [6, 6.07) is 4.78. The molecule has 1 heterocycles.